The highest BCUT2D eigenvalue weighted by Gasteiger charge is 2.39. The van der Waals surface area contributed by atoms with Crippen molar-refractivity contribution in [2.45, 2.75) is 38.4 Å². The van der Waals surface area contributed by atoms with E-state index in [2.05, 4.69) is 42.1 Å². The minimum absolute atomic E-state index is 0.0223. The Hall–Kier alpha value is -2.70. The van der Waals surface area contributed by atoms with Crippen LogP contribution in [-0.2, 0) is 11.2 Å². The van der Waals surface area contributed by atoms with Crippen LogP contribution in [0.1, 0.15) is 41.3 Å². The van der Waals surface area contributed by atoms with E-state index < -0.39 is 5.97 Å². The molecule has 6 heteroatoms. The summed E-state index contributed by atoms with van der Waals surface area (Å²) < 4.78 is 0. The van der Waals surface area contributed by atoms with Crippen molar-refractivity contribution in [3.05, 3.63) is 71.3 Å². The maximum Gasteiger partial charge on any atom is 0.335 e. The number of hydrogen-bond acceptors (Lipinski definition) is 4. The molecule has 0 spiro atoms. The van der Waals surface area contributed by atoms with Crippen molar-refractivity contribution in [3.8, 4) is 0 Å². The van der Waals surface area contributed by atoms with E-state index in [0.717, 1.165) is 5.56 Å². The summed E-state index contributed by atoms with van der Waals surface area (Å²) in [6.45, 7) is 4.28. The number of aromatic carboxylic acids is 1. The second kappa shape index (κ2) is 8.33. The Morgan fingerprint density at radius 2 is 1.70 bits per heavy atom. The summed E-state index contributed by atoms with van der Waals surface area (Å²) in [5.74, 6) is -0.795. The van der Waals surface area contributed by atoms with Gasteiger partial charge in [-0.2, -0.15) is 0 Å². The van der Waals surface area contributed by atoms with Crippen LogP contribution in [-0.4, -0.2) is 29.2 Å². The third-order valence-corrected chi connectivity index (χ3v) is 4.97. The minimum atomic E-state index is -1.03. The largest absolute Gasteiger partial charge is 0.478 e. The molecule has 1 amide bonds. The molecule has 0 aromatic heterocycles. The van der Waals surface area contributed by atoms with Gasteiger partial charge >= 0.3 is 5.97 Å². The maximum absolute atomic E-state index is 12.6. The van der Waals surface area contributed by atoms with Gasteiger partial charge in [0.05, 0.1) is 12.0 Å². The van der Waals surface area contributed by atoms with Gasteiger partial charge in [0.2, 0.25) is 5.91 Å². The van der Waals surface area contributed by atoms with Gasteiger partial charge in [-0.05, 0) is 23.1 Å². The molecule has 142 valence electrons. The molecule has 1 fully saturated rings. The Kier molecular flexibility index (Phi) is 5.88. The third kappa shape index (κ3) is 4.35. The quantitative estimate of drug-likeness (QED) is 0.629. The van der Waals surface area contributed by atoms with Crippen LogP contribution < -0.4 is 16.2 Å². The van der Waals surface area contributed by atoms with Crippen LogP contribution in [0.15, 0.2) is 54.6 Å². The molecule has 6 nitrogen and oxygen atoms in total. The van der Waals surface area contributed by atoms with Gasteiger partial charge in [-0.1, -0.05) is 62.4 Å². The first-order valence-electron chi connectivity index (χ1n) is 9.14. The first-order chi connectivity index (χ1) is 13.0. The third-order valence-electron chi connectivity index (χ3n) is 4.97. The number of hydrogen-bond donors (Lipinski definition) is 4. The van der Waals surface area contributed by atoms with E-state index in [1.807, 2.05) is 18.2 Å². The second-order valence-electron chi connectivity index (χ2n) is 7.18. The molecule has 1 heterocycles. The molecular weight excluding hydrogens is 342 g/mol. The monoisotopic (exact) mass is 367 g/mol. The average Bonchev–Trinajstić information content (AvgIpc) is 3.06. The number of carbonyl (C=O) groups excluding carboxylic acids is 1. The zero-order valence-electron chi connectivity index (χ0n) is 15.5. The SMILES string of the molecule is CC(C)C1NNC(NC(=O)Cc2ccccc2C(=O)O)C1c1ccccc1. The minimum Gasteiger partial charge on any atom is -0.478 e. The topological polar surface area (TPSA) is 90.5 Å². The van der Waals surface area contributed by atoms with E-state index in [1.165, 1.54) is 6.07 Å². The number of carboxylic acids is 1. The first-order valence-corrected chi connectivity index (χ1v) is 9.14. The molecule has 1 saturated heterocycles. The van der Waals surface area contributed by atoms with Crippen molar-refractivity contribution < 1.29 is 14.7 Å². The zero-order valence-corrected chi connectivity index (χ0v) is 15.5. The van der Waals surface area contributed by atoms with E-state index in [-0.39, 0.29) is 36.0 Å². The van der Waals surface area contributed by atoms with Crippen molar-refractivity contribution in [1.29, 1.82) is 0 Å². The predicted molar refractivity (Wildman–Crippen MR) is 103 cm³/mol. The van der Waals surface area contributed by atoms with Gasteiger partial charge in [0.15, 0.2) is 0 Å². The number of nitrogens with one attached hydrogen (secondary N) is 3. The molecule has 2 aromatic carbocycles. The summed E-state index contributed by atoms with van der Waals surface area (Å²) in [5, 5.41) is 12.3. The van der Waals surface area contributed by atoms with Crippen LogP contribution in [0, 0.1) is 5.92 Å². The van der Waals surface area contributed by atoms with Crippen molar-refractivity contribution in [2.75, 3.05) is 0 Å². The zero-order chi connectivity index (χ0) is 19.4. The molecule has 4 N–H and O–H groups in total. The Morgan fingerprint density at radius 1 is 1.04 bits per heavy atom. The molecule has 3 unspecified atom stereocenters. The second-order valence-corrected chi connectivity index (χ2v) is 7.18. The van der Waals surface area contributed by atoms with E-state index in [4.69, 9.17) is 0 Å². The number of carbonyl (C=O) groups is 2. The van der Waals surface area contributed by atoms with E-state index >= 15 is 0 Å². The van der Waals surface area contributed by atoms with Crippen LogP contribution in [0.3, 0.4) is 0 Å². The summed E-state index contributed by atoms with van der Waals surface area (Å²) >= 11 is 0. The maximum atomic E-state index is 12.6. The van der Waals surface area contributed by atoms with Crippen molar-refractivity contribution in [1.82, 2.24) is 16.2 Å². The van der Waals surface area contributed by atoms with Gasteiger partial charge in [-0.25, -0.2) is 10.2 Å². The molecule has 0 bridgehead atoms. The van der Waals surface area contributed by atoms with Crippen molar-refractivity contribution in [3.63, 3.8) is 0 Å². The van der Waals surface area contributed by atoms with Crippen molar-refractivity contribution in [2.24, 2.45) is 5.92 Å². The molecule has 0 aliphatic carbocycles. The summed E-state index contributed by atoms with van der Waals surface area (Å²) in [6.07, 6.45) is -0.251. The van der Waals surface area contributed by atoms with E-state index in [1.54, 1.807) is 18.2 Å². The lowest BCUT2D eigenvalue weighted by Crippen LogP contribution is -2.46. The summed E-state index contributed by atoms with van der Waals surface area (Å²) in [5.41, 5.74) is 8.29. The van der Waals surface area contributed by atoms with Gasteiger partial charge < -0.3 is 10.4 Å². The lowest BCUT2D eigenvalue weighted by Gasteiger charge is -2.26. The molecular formula is C21H25N3O3. The molecule has 0 radical (unpaired) electrons. The van der Waals surface area contributed by atoms with Crippen molar-refractivity contribution >= 4 is 11.9 Å². The highest BCUT2D eigenvalue weighted by atomic mass is 16.4. The average molecular weight is 367 g/mol. The standard InChI is InChI=1S/C21H25N3O3/c1-13(2)19-18(14-8-4-3-5-9-14)20(24-23-19)22-17(25)12-15-10-6-7-11-16(15)21(26)27/h3-11,13,18-20,23-24H,12H2,1-2H3,(H,22,25)(H,26,27). The fourth-order valence-electron chi connectivity index (χ4n) is 3.64. The number of benzene rings is 2. The number of rotatable bonds is 6. The number of amides is 1. The Balaban J connectivity index is 1.76. The highest BCUT2D eigenvalue weighted by Crippen LogP contribution is 2.30. The fourth-order valence-corrected chi connectivity index (χ4v) is 3.64. The summed E-state index contributed by atoms with van der Waals surface area (Å²) in [7, 11) is 0. The van der Waals surface area contributed by atoms with E-state index in [0.29, 0.717) is 11.5 Å². The molecule has 27 heavy (non-hydrogen) atoms. The van der Waals surface area contributed by atoms with Crippen LogP contribution >= 0.6 is 0 Å². The summed E-state index contributed by atoms with van der Waals surface area (Å²) in [4.78, 5) is 24.0. The molecule has 0 saturated carbocycles. The van der Waals surface area contributed by atoms with Gasteiger partial charge in [0, 0.05) is 12.0 Å². The van der Waals surface area contributed by atoms with Crippen LogP contribution in [0.2, 0.25) is 0 Å². The Morgan fingerprint density at radius 3 is 2.37 bits per heavy atom. The predicted octanol–water partition coefficient (Wildman–Crippen LogP) is 2.29. The van der Waals surface area contributed by atoms with Gasteiger partial charge in [0.1, 0.15) is 6.17 Å². The Bertz CT molecular complexity index is 807. The lowest BCUT2D eigenvalue weighted by atomic mass is 9.84. The van der Waals surface area contributed by atoms with E-state index in [9.17, 15) is 14.7 Å². The Labute approximate surface area is 159 Å². The van der Waals surface area contributed by atoms with Crippen LogP contribution in [0.25, 0.3) is 0 Å². The van der Waals surface area contributed by atoms with Gasteiger partial charge in [0.25, 0.3) is 0 Å². The van der Waals surface area contributed by atoms with Crippen LogP contribution in [0.5, 0.6) is 0 Å². The van der Waals surface area contributed by atoms with Crippen LogP contribution in [0.4, 0.5) is 0 Å². The lowest BCUT2D eigenvalue weighted by molar-refractivity contribution is -0.121. The summed E-state index contributed by atoms with van der Waals surface area (Å²) in [6, 6.07) is 16.8. The fraction of sp³-hybridized carbons (Fsp3) is 0.333. The van der Waals surface area contributed by atoms with Gasteiger partial charge in [-0.15, -0.1) is 0 Å². The molecule has 1 aliphatic heterocycles. The normalized spacial score (nSPS) is 22.0. The molecule has 3 atom stereocenters. The molecule has 1 aliphatic rings. The smallest absolute Gasteiger partial charge is 0.335 e. The number of carboxylic acid groups (broad SMARTS) is 1. The molecule has 2 aromatic rings. The highest BCUT2D eigenvalue weighted by molar-refractivity contribution is 5.91. The first kappa shape index (κ1) is 19.1. The molecule has 3 rings (SSSR count). The van der Waals surface area contributed by atoms with Gasteiger partial charge in [-0.3, -0.25) is 10.2 Å². The number of hydrazine groups is 1.